The van der Waals surface area contributed by atoms with Crippen molar-refractivity contribution in [2.24, 2.45) is 4.99 Å². The number of hydrogen-bond acceptors (Lipinski definition) is 6. The Bertz CT molecular complexity index is 1020. The molecule has 0 radical (unpaired) electrons. The van der Waals surface area contributed by atoms with Crippen molar-refractivity contribution in [2.75, 3.05) is 25.7 Å². The van der Waals surface area contributed by atoms with Crippen molar-refractivity contribution < 1.29 is 23.8 Å². The van der Waals surface area contributed by atoms with Crippen molar-refractivity contribution >= 4 is 29.5 Å². The van der Waals surface area contributed by atoms with Crippen molar-refractivity contribution in [2.45, 2.75) is 12.8 Å². The quantitative estimate of drug-likeness (QED) is 0.577. The SMILES string of the molecule is COc1ccc(/C=C2\N=C(c3ccc(N4CCCC4=O)cc3)OC2=O)c(OC)c1. The van der Waals surface area contributed by atoms with Crippen molar-refractivity contribution in [3.8, 4) is 11.5 Å². The maximum Gasteiger partial charge on any atom is 0.363 e. The first-order valence-electron chi connectivity index (χ1n) is 9.24. The van der Waals surface area contributed by atoms with Gasteiger partial charge in [-0.3, -0.25) is 4.79 Å². The van der Waals surface area contributed by atoms with Crippen LogP contribution in [-0.4, -0.2) is 38.5 Å². The number of esters is 1. The molecule has 2 aromatic carbocycles. The smallest absolute Gasteiger partial charge is 0.363 e. The van der Waals surface area contributed by atoms with Crippen LogP contribution < -0.4 is 14.4 Å². The summed E-state index contributed by atoms with van der Waals surface area (Å²) in [6, 6.07) is 12.6. The first-order valence-corrected chi connectivity index (χ1v) is 9.24. The number of nitrogens with zero attached hydrogens (tertiary/aromatic N) is 2. The number of hydrogen-bond donors (Lipinski definition) is 0. The van der Waals surface area contributed by atoms with Gasteiger partial charge in [-0.05, 0) is 48.9 Å². The van der Waals surface area contributed by atoms with Gasteiger partial charge < -0.3 is 19.1 Å². The second-order valence-electron chi connectivity index (χ2n) is 6.64. The lowest BCUT2D eigenvalue weighted by atomic mass is 10.1. The average molecular weight is 392 g/mol. The van der Waals surface area contributed by atoms with Gasteiger partial charge >= 0.3 is 5.97 Å². The van der Waals surface area contributed by atoms with E-state index in [2.05, 4.69) is 4.99 Å². The summed E-state index contributed by atoms with van der Waals surface area (Å²) in [5.74, 6) is 1.04. The fourth-order valence-electron chi connectivity index (χ4n) is 3.32. The zero-order chi connectivity index (χ0) is 20.4. The van der Waals surface area contributed by atoms with E-state index in [1.807, 2.05) is 12.1 Å². The van der Waals surface area contributed by atoms with Crippen LogP contribution in [-0.2, 0) is 14.3 Å². The van der Waals surface area contributed by atoms with Crippen molar-refractivity contribution in [1.82, 2.24) is 0 Å². The molecule has 1 amide bonds. The van der Waals surface area contributed by atoms with Crippen LogP contribution >= 0.6 is 0 Å². The Kier molecular flexibility index (Phi) is 5.03. The maximum absolute atomic E-state index is 12.3. The Morgan fingerprint density at radius 2 is 1.86 bits per heavy atom. The molecule has 0 spiro atoms. The summed E-state index contributed by atoms with van der Waals surface area (Å²) in [6.07, 6.45) is 3.06. The highest BCUT2D eigenvalue weighted by Gasteiger charge is 2.26. The molecule has 2 aromatic rings. The second kappa shape index (κ2) is 7.79. The molecular formula is C22H20N2O5. The number of methoxy groups -OCH3 is 2. The molecule has 0 aliphatic carbocycles. The number of aliphatic imine (C=N–C) groups is 1. The number of amides is 1. The third-order valence-corrected chi connectivity index (χ3v) is 4.85. The van der Waals surface area contributed by atoms with Crippen molar-refractivity contribution in [3.63, 3.8) is 0 Å². The minimum absolute atomic E-state index is 0.126. The summed E-state index contributed by atoms with van der Waals surface area (Å²) < 4.78 is 15.9. The average Bonchev–Trinajstić information content (AvgIpc) is 3.34. The highest BCUT2D eigenvalue weighted by Crippen LogP contribution is 2.29. The van der Waals surface area contributed by atoms with E-state index in [0.717, 1.165) is 18.7 Å². The molecule has 1 fully saturated rings. The molecule has 148 valence electrons. The number of rotatable bonds is 5. The minimum Gasteiger partial charge on any atom is -0.497 e. The molecular weight excluding hydrogens is 372 g/mol. The van der Waals surface area contributed by atoms with Gasteiger partial charge in [0, 0.05) is 35.8 Å². The van der Waals surface area contributed by atoms with Crippen LogP contribution in [0.25, 0.3) is 6.08 Å². The molecule has 0 N–H and O–H groups in total. The lowest BCUT2D eigenvalue weighted by Crippen LogP contribution is -2.23. The highest BCUT2D eigenvalue weighted by atomic mass is 16.6. The number of carbonyl (C=O) groups excluding carboxylic acids is 2. The molecule has 0 saturated carbocycles. The number of carbonyl (C=O) groups is 2. The standard InChI is InChI=1S/C22H20N2O5/c1-27-17-10-7-15(19(13-17)28-2)12-18-22(26)29-21(23-18)14-5-8-16(9-6-14)24-11-3-4-20(24)25/h5-10,12-13H,3-4,11H2,1-2H3/b18-12-. The Labute approximate surface area is 168 Å². The van der Waals surface area contributed by atoms with Crippen molar-refractivity contribution in [3.05, 3.63) is 59.3 Å². The van der Waals surface area contributed by atoms with E-state index in [0.29, 0.717) is 29.0 Å². The van der Waals surface area contributed by atoms with E-state index in [4.69, 9.17) is 14.2 Å². The summed E-state index contributed by atoms with van der Waals surface area (Å²) in [6.45, 7) is 0.727. The van der Waals surface area contributed by atoms with E-state index in [1.165, 1.54) is 0 Å². The van der Waals surface area contributed by atoms with Crippen LogP contribution in [0.4, 0.5) is 5.69 Å². The van der Waals surface area contributed by atoms with E-state index in [1.54, 1.807) is 55.5 Å². The van der Waals surface area contributed by atoms with Crippen LogP contribution in [0.2, 0.25) is 0 Å². The van der Waals surface area contributed by atoms with E-state index < -0.39 is 5.97 Å². The van der Waals surface area contributed by atoms with Gasteiger partial charge in [0.15, 0.2) is 5.70 Å². The van der Waals surface area contributed by atoms with E-state index in [-0.39, 0.29) is 17.5 Å². The second-order valence-corrected chi connectivity index (χ2v) is 6.64. The van der Waals surface area contributed by atoms with Gasteiger partial charge in [-0.1, -0.05) is 0 Å². The Morgan fingerprint density at radius 3 is 2.52 bits per heavy atom. The third-order valence-electron chi connectivity index (χ3n) is 4.85. The Balaban J connectivity index is 1.59. The summed E-state index contributed by atoms with van der Waals surface area (Å²) in [5, 5.41) is 0. The summed E-state index contributed by atoms with van der Waals surface area (Å²) in [5.41, 5.74) is 2.37. The molecule has 0 bridgehead atoms. The van der Waals surface area contributed by atoms with Gasteiger partial charge in [0.2, 0.25) is 11.8 Å². The molecule has 4 rings (SSSR count). The predicted octanol–water partition coefficient (Wildman–Crippen LogP) is 3.18. The van der Waals surface area contributed by atoms with Gasteiger partial charge in [-0.15, -0.1) is 0 Å². The molecule has 0 unspecified atom stereocenters. The van der Waals surface area contributed by atoms with Crippen LogP contribution in [0, 0.1) is 0 Å². The van der Waals surface area contributed by atoms with Gasteiger partial charge in [-0.25, -0.2) is 9.79 Å². The zero-order valence-corrected chi connectivity index (χ0v) is 16.2. The first kappa shape index (κ1) is 18.7. The summed E-state index contributed by atoms with van der Waals surface area (Å²) in [4.78, 5) is 30.2. The Hall–Kier alpha value is -3.61. The van der Waals surface area contributed by atoms with Crippen molar-refractivity contribution in [1.29, 1.82) is 0 Å². The van der Waals surface area contributed by atoms with Crippen LogP contribution in [0.5, 0.6) is 11.5 Å². The Morgan fingerprint density at radius 1 is 1.07 bits per heavy atom. The van der Waals surface area contributed by atoms with Gasteiger partial charge in [0.05, 0.1) is 14.2 Å². The third kappa shape index (κ3) is 3.71. The first-order chi connectivity index (χ1) is 14.1. The molecule has 0 atom stereocenters. The summed E-state index contributed by atoms with van der Waals surface area (Å²) >= 11 is 0. The topological polar surface area (TPSA) is 77.4 Å². The normalized spacial score (nSPS) is 17.5. The number of anilines is 1. The van der Waals surface area contributed by atoms with Gasteiger partial charge in [-0.2, -0.15) is 0 Å². The van der Waals surface area contributed by atoms with E-state index >= 15 is 0 Å². The minimum atomic E-state index is -0.531. The number of cyclic esters (lactones) is 1. The maximum atomic E-state index is 12.3. The molecule has 29 heavy (non-hydrogen) atoms. The van der Waals surface area contributed by atoms with Gasteiger partial charge in [0.25, 0.3) is 0 Å². The molecule has 1 saturated heterocycles. The molecule has 2 aliphatic rings. The van der Waals surface area contributed by atoms with Crippen LogP contribution in [0.15, 0.2) is 53.2 Å². The molecule has 2 heterocycles. The highest BCUT2D eigenvalue weighted by molar-refractivity contribution is 6.13. The largest absolute Gasteiger partial charge is 0.497 e. The lowest BCUT2D eigenvalue weighted by Gasteiger charge is -2.15. The number of ether oxygens (including phenoxy) is 3. The zero-order valence-electron chi connectivity index (χ0n) is 16.2. The molecule has 2 aliphatic heterocycles. The molecule has 0 aromatic heterocycles. The number of benzene rings is 2. The molecule has 7 nitrogen and oxygen atoms in total. The van der Waals surface area contributed by atoms with Gasteiger partial charge in [0.1, 0.15) is 11.5 Å². The van der Waals surface area contributed by atoms with Crippen LogP contribution in [0.1, 0.15) is 24.0 Å². The monoisotopic (exact) mass is 392 g/mol. The lowest BCUT2D eigenvalue weighted by molar-refractivity contribution is -0.130. The predicted molar refractivity (Wildman–Crippen MR) is 108 cm³/mol. The molecule has 7 heteroatoms. The summed E-state index contributed by atoms with van der Waals surface area (Å²) in [7, 11) is 3.12. The van der Waals surface area contributed by atoms with Crippen LogP contribution in [0.3, 0.4) is 0 Å². The fraction of sp³-hybridized carbons (Fsp3) is 0.227. The fourth-order valence-corrected chi connectivity index (χ4v) is 3.32. The van der Waals surface area contributed by atoms with E-state index in [9.17, 15) is 9.59 Å².